The summed E-state index contributed by atoms with van der Waals surface area (Å²) in [5.74, 6) is -1.09. The number of rotatable bonds is 3. The Morgan fingerprint density at radius 2 is 2.25 bits per heavy atom. The first-order valence-corrected chi connectivity index (χ1v) is 5.84. The van der Waals surface area contributed by atoms with Gasteiger partial charge in [0.15, 0.2) is 0 Å². The highest BCUT2D eigenvalue weighted by Crippen LogP contribution is 2.19. The van der Waals surface area contributed by atoms with Crippen molar-refractivity contribution in [2.45, 2.75) is 32.2 Å². The van der Waals surface area contributed by atoms with Crippen molar-refractivity contribution < 1.29 is 9.59 Å². The Balaban J connectivity index is 2.49. The van der Waals surface area contributed by atoms with E-state index >= 15 is 0 Å². The number of carbonyl (C=O) groups excluding carboxylic acids is 2. The number of nitrogens with one attached hydrogen (secondary N) is 1. The van der Waals surface area contributed by atoms with Crippen LogP contribution in [0.2, 0.25) is 0 Å². The van der Waals surface area contributed by atoms with E-state index in [4.69, 9.17) is 5.73 Å². The molecule has 0 aromatic heterocycles. The first-order chi connectivity index (χ1) is 7.56. The molecule has 1 aliphatic heterocycles. The first kappa shape index (κ1) is 12.9. The van der Waals surface area contributed by atoms with Crippen LogP contribution in [0.1, 0.15) is 26.2 Å². The van der Waals surface area contributed by atoms with Gasteiger partial charge in [0.2, 0.25) is 0 Å². The van der Waals surface area contributed by atoms with E-state index in [9.17, 15) is 9.59 Å². The molecule has 1 aliphatic rings. The molecular weight excluding hydrogens is 226 g/mol. The molecule has 16 heavy (non-hydrogen) atoms. The summed E-state index contributed by atoms with van der Waals surface area (Å²) >= 11 is 4.62. The Morgan fingerprint density at radius 1 is 1.56 bits per heavy atom. The number of nitrogens with zero attached hydrogens (tertiary/aromatic N) is 1. The third-order valence-electron chi connectivity index (χ3n) is 2.73. The SMILES string of the molecule is CCC1CCCN1C(=O)C(=O)NCC(N)=S. The first-order valence-electron chi connectivity index (χ1n) is 5.43. The van der Waals surface area contributed by atoms with Gasteiger partial charge in [-0.2, -0.15) is 0 Å². The fourth-order valence-electron chi connectivity index (χ4n) is 1.90. The molecule has 1 atom stereocenters. The maximum absolute atomic E-state index is 11.8. The largest absolute Gasteiger partial charge is 0.392 e. The Hall–Kier alpha value is -1.17. The van der Waals surface area contributed by atoms with Crippen LogP contribution >= 0.6 is 12.2 Å². The third-order valence-corrected chi connectivity index (χ3v) is 2.87. The summed E-state index contributed by atoms with van der Waals surface area (Å²) < 4.78 is 0. The summed E-state index contributed by atoms with van der Waals surface area (Å²) in [5, 5.41) is 2.41. The van der Waals surface area contributed by atoms with Crippen molar-refractivity contribution in [2.24, 2.45) is 5.73 Å². The Morgan fingerprint density at radius 3 is 2.81 bits per heavy atom. The van der Waals surface area contributed by atoms with Crippen LogP contribution in [0.15, 0.2) is 0 Å². The minimum Gasteiger partial charge on any atom is -0.392 e. The highest BCUT2D eigenvalue weighted by Gasteiger charge is 2.30. The zero-order valence-electron chi connectivity index (χ0n) is 9.36. The number of thiocarbonyl (C=S) groups is 1. The molecule has 0 aromatic carbocycles. The predicted molar refractivity (Wildman–Crippen MR) is 64.8 cm³/mol. The van der Waals surface area contributed by atoms with E-state index in [2.05, 4.69) is 17.5 Å². The van der Waals surface area contributed by atoms with Gasteiger partial charge in [-0.05, 0) is 19.3 Å². The zero-order valence-corrected chi connectivity index (χ0v) is 10.2. The van der Waals surface area contributed by atoms with Crippen molar-refractivity contribution >= 4 is 29.0 Å². The van der Waals surface area contributed by atoms with Crippen molar-refractivity contribution in [3.8, 4) is 0 Å². The molecule has 3 N–H and O–H groups in total. The molecule has 0 aromatic rings. The highest BCUT2D eigenvalue weighted by atomic mass is 32.1. The second-order valence-electron chi connectivity index (χ2n) is 3.85. The molecule has 0 saturated carbocycles. The molecule has 5 nitrogen and oxygen atoms in total. The lowest BCUT2D eigenvalue weighted by atomic mass is 10.2. The molecule has 1 fully saturated rings. The zero-order chi connectivity index (χ0) is 12.1. The quantitative estimate of drug-likeness (QED) is 0.531. The normalized spacial score (nSPS) is 19.6. The monoisotopic (exact) mass is 243 g/mol. The maximum Gasteiger partial charge on any atom is 0.312 e. The van der Waals surface area contributed by atoms with Crippen LogP contribution < -0.4 is 11.1 Å². The summed E-state index contributed by atoms with van der Waals surface area (Å²) in [6, 6.07) is 0.197. The van der Waals surface area contributed by atoms with Gasteiger partial charge in [0.25, 0.3) is 0 Å². The van der Waals surface area contributed by atoms with Gasteiger partial charge in [0, 0.05) is 12.6 Å². The Kier molecular flexibility index (Phi) is 4.67. The second kappa shape index (κ2) is 5.79. The van der Waals surface area contributed by atoms with Gasteiger partial charge in [-0.3, -0.25) is 9.59 Å². The molecule has 1 rings (SSSR count). The fraction of sp³-hybridized carbons (Fsp3) is 0.700. The molecule has 1 unspecified atom stereocenters. The van der Waals surface area contributed by atoms with Crippen LogP contribution in [0.25, 0.3) is 0 Å². The number of hydrogen-bond acceptors (Lipinski definition) is 3. The number of carbonyl (C=O) groups is 2. The third kappa shape index (κ3) is 3.16. The van der Waals surface area contributed by atoms with E-state index in [1.807, 2.05) is 6.92 Å². The van der Waals surface area contributed by atoms with Crippen LogP contribution in [0.4, 0.5) is 0 Å². The van der Waals surface area contributed by atoms with E-state index < -0.39 is 11.8 Å². The van der Waals surface area contributed by atoms with Gasteiger partial charge in [-0.25, -0.2) is 0 Å². The van der Waals surface area contributed by atoms with Gasteiger partial charge in [0.1, 0.15) is 0 Å². The summed E-state index contributed by atoms with van der Waals surface area (Å²) in [7, 11) is 0. The van der Waals surface area contributed by atoms with Crippen LogP contribution in [0.5, 0.6) is 0 Å². The number of nitrogens with two attached hydrogens (primary N) is 1. The van der Waals surface area contributed by atoms with Crippen molar-refractivity contribution in [1.82, 2.24) is 10.2 Å². The number of likely N-dealkylation sites (tertiary alicyclic amines) is 1. The van der Waals surface area contributed by atoms with Crippen LogP contribution in [-0.2, 0) is 9.59 Å². The second-order valence-corrected chi connectivity index (χ2v) is 4.38. The highest BCUT2D eigenvalue weighted by molar-refractivity contribution is 7.80. The molecule has 1 saturated heterocycles. The van der Waals surface area contributed by atoms with Crippen molar-refractivity contribution in [2.75, 3.05) is 13.1 Å². The average molecular weight is 243 g/mol. The molecule has 6 heteroatoms. The molecule has 2 amide bonds. The molecule has 1 heterocycles. The van der Waals surface area contributed by atoms with Gasteiger partial charge >= 0.3 is 11.8 Å². The summed E-state index contributed by atoms with van der Waals surface area (Å²) in [6.45, 7) is 2.76. The number of hydrogen-bond donors (Lipinski definition) is 2. The molecule has 0 aliphatic carbocycles. The van der Waals surface area contributed by atoms with Crippen LogP contribution in [0.3, 0.4) is 0 Å². The maximum atomic E-state index is 11.8. The molecule has 90 valence electrons. The Bertz CT molecular complexity index is 306. The van der Waals surface area contributed by atoms with Gasteiger partial charge in [-0.15, -0.1) is 0 Å². The lowest BCUT2D eigenvalue weighted by Crippen LogP contribution is -2.46. The minimum absolute atomic E-state index is 0.0739. The molecular formula is C10H17N3O2S. The smallest absolute Gasteiger partial charge is 0.312 e. The van der Waals surface area contributed by atoms with Crippen molar-refractivity contribution in [3.05, 3.63) is 0 Å². The number of amides is 2. The summed E-state index contributed by atoms with van der Waals surface area (Å²) in [4.78, 5) is 25.0. The summed E-state index contributed by atoms with van der Waals surface area (Å²) in [6.07, 6.45) is 2.83. The van der Waals surface area contributed by atoms with E-state index in [-0.39, 0.29) is 17.6 Å². The van der Waals surface area contributed by atoms with E-state index in [0.717, 1.165) is 19.3 Å². The van der Waals surface area contributed by atoms with E-state index in [1.165, 1.54) is 0 Å². The van der Waals surface area contributed by atoms with Crippen LogP contribution in [-0.4, -0.2) is 40.8 Å². The van der Waals surface area contributed by atoms with E-state index in [0.29, 0.717) is 6.54 Å². The average Bonchev–Trinajstić information content (AvgIpc) is 2.72. The van der Waals surface area contributed by atoms with Crippen molar-refractivity contribution in [1.29, 1.82) is 0 Å². The fourth-order valence-corrected chi connectivity index (χ4v) is 1.97. The van der Waals surface area contributed by atoms with Gasteiger partial charge < -0.3 is 16.0 Å². The van der Waals surface area contributed by atoms with Gasteiger partial charge in [0.05, 0.1) is 11.5 Å². The predicted octanol–water partition coefficient (Wildman–Crippen LogP) is -0.210. The summed E-state index contributed by atoms with van der Waals surface area (Å²) in [5.41, 5.74) is 5.24. The molecule has 0 bridgehead atoms. The van der Waals surface area contributed by atoms with Crippen molar-refractivity contribution in [3.63, 3.8) is 0 Å². The molecule has 0 spiro atoms. The lowest BCUT2D eigenvalue weighted by Gasteiger charge is -2.22. The molecule has 0 radical (unpaired) electrons. The van der Waals surface area contributed by atoms with Gasteiger partial charge in [-0.1, -0.05) is 19.1 Å². The van der Waals surface area contributed by atoms with E-state index in [1.54, 1.807) is 4.90 Å². The topological polar surface area (TPSA) is 75.4 Å². The minimum atomic E-state index is -0.617. The Labute approximate surface area is 100 Å². The standard InChI is InChI=1S/C10H17N3O2S/c1-2-7-4-3-5-13(7)10(15)9(14)12-6-8(11)16/h7H,2-6H2,1H3,(H2,11,16)(H,12,14). The van der Waals surface area contributed by atoms with Crippen LogP contribution in [0, 0.1) is 0 Å². The lowest BCUT2D eigenvalue weighted by molar-refractivity contribution is -0.146.